The first-order valence-electron chi connectivity index (χ1n) is 10.7. The average Bonchev–Trinajstić information content (AvgIpc) is 3.50. The van der Waals surface area contributed by atoms with Gasteiger partial charge >= 0.3 is 0 Å². The Kier molecular flexibility index (Phi) is 6.37. The van der Waals surface area contributed by atoms with E-state index in [0.29, 0.717) is 29.8 Å². The first-order valence-corrected chi connectivity index (χ1v) is 11.1. The number of aromatic nitrogens is 2. The molecule has 0 spiro atoms. The molecule has 1 aromatic heterocycles. The number of carbonyl (C=O) groups is 2. The number of piperidine rings is 1. The fourth-order valence-electron chi connectivity index (χ4n) is 3.95. The quantitative estimate of drug-likeness (QED) is 0.660. The zero-order valence-electron chi connectivity index (χ0n) is 17.2. The van der Waals surface area contributed by atoms with Gasteiger partial charge in [0.25, 0.3) is 0 Å². The number of carbonyl (C=O) groups excluding carboxylic acids is 2. The van der Waals surface area contributed by atoms with Crippen LogP contribution in [0.25, 0.3) is 11.4 Å². The van der Waals surface area contributed by atoms with Gasteiger partial charge < -0.3 is 14.3 Å². The van der Waals surface area contributed by atoms with Gasteiger partial charge in [0, 0.05) is 29.6 Å². The third-order valence-corrected chi connectivity index (χ3v) is 5.96. The van der Waals surface area contributed by atoms with Gasteiger partial charge in [-0.25, -0.2) is 0 Å². The third kappa shape index (κ3) is 4.67. The van der Waals surface area contributed by atoms with Crippen LogP contribution in [0.1, 0.15) is 57.4 Å². The van der Waals surface area contributed by atoms with Crippen molar-refractivity contribution in [2.45, 2.75) is 51.5 Å². The van der Waals surface area contributed by atoms with E-state index in [2.05, 4.69) is 10.1 Å². The highest BCUT2D eigenvalue weighted by Gasteiger charge is 2.37. The van der Waals surface area contributed by atoms with Gasteiger partial charge in [-0.3, -0.25) is 9.59 Å². The molecule has 2 amide bonds. The van der Waals surface area contributed by atoms with Crippen LogP contribution in [0.2, 0.25) is 5.02 Å². The summed E-state index contributed by atoms with van der Waals surface area (Å²) in [5, 5.41) is 4.75. The van der Waals surface area contributed by atoms with E-state index in [0.717, 1.165) is 44.1 Å². The van der Waals surface area contributed by atoms with Crippen LogP contribution >= 0.6 is 11.6 Å². The summed E-state index contributed by atoms with van der Waals surface area (Å²) in [5.41, 5.74) is 0.812. The van der Waals surface area contributed by atoms with Crippen molar-refractivity contribution in [2.75, 3.05) is 19.6 Å². The van der Waals surface area contributed by atoms with Gasteiger partial charge in [0.1, 0.15) is 6.04 Å². The fourth-order valence-corrected chi connectivity index (χ4v) is 4.08. The number of hydrogen-bond acceptors (Lipinski definition) is 5. The van der Waals surface area contributed by atoms with Crippen molar-refractivity contribution >= 4 is 23.4 Å². The summed E-state index contributed by atoms with van der Waals surface area (Å²) in [5.74, 6) is 1.11. The van der Waals surface area contributed by atoms with Crippen molar-refractivity contribution in [3.8, 4) is 11.4 Å². The molecule has 2 aliphatic rings. The van der Waals surface area contributed by atoms with E-state index in [-0.39, 0.29) is 30.3 Å². The summed E-state index contributed by atoms with van der Waals surface area (Å²) in [6, 6.07) is 6.99. The van der Waals surface area contributed by atoms with Gasteiger partial charge in [-0.15, -0.1) is 0 Å². The van der Waals surface area contributed by atoms with E-state index < -0.39 is 0 Å². The zero-order chi connectivity index (χ0) is 21.1. The Morgan fingerprint density at radius 2 is 1.97 bits per heavy atom. The van der Waals surface area contributed by atoms with Gasteiger partial charge in [-0.05, 0) is 62.8 Å². The molecule has 1 saturated carbocycles. The maximum Gasteiger partial charge on any atom is 0.249 e. The Balaban J connectivity index is 1.49. The molecule has 30 heavy (non-hydrogen) atoms. The van der Waals surface area contributed by atoms with Gasteiger partial charge in [0.2, 0.25) is 23.5 Å². The summed E-state index contributed by atoms with van der Waals surface area (Å²) in [4.78, 5) is 33.8. The summed E-state index contributed by atoms with van der Waals surface area (Å²) < 4.78 is 5.55. The van der Waals surface area contributed by atoms with Crippen LogP contribution in [0.4, 0.5) is 0 Å². The maximum absolute atomic E-state index is 13.2. The molecule has 0 N–H and O–H groups in total. The molecule has 1 aliphatic heterocycles. The first-order chi connectivity index (χ1) is 14.6. The Morgan fingerprint density at radius 1 is 1.20 bits per heavy atom. The summed E-state index contributed by atoms with van der Waals surface area (Å²) in [6.07, 6.45) is 5.42. The summed E-state index contributed by atoms with van der Waals surface area (Å²) in [6.45, 7) is 3.40. The van der Waals surface area contributed by atoms with Gasteiger partial charge in [-0.2, -0.15) is 4.98 Å². The normalized spacial score (nSPS) is 19.0. The molecule has 0 bridgehead atoms. The predicted molar refractivity (Wildman–Crippen MR) is 113 cm³/mol. The minimum Gasteiger partial charge on any atom is -0.337 e. The largest absolute Gasteiger partial charge is 0.337 e. The number of likely N-dealkylation sites (tertiary alicyclic amines) is 1. The molecule has 1 aliphatic carbocycles. The Hall–Kier alpha value is -2.41. The van der Waals surface area contributed by atoms with Crippen LogP contribution in [-0.4, -0.2) is 51.4 Å². The molecule has 1 saturated heterocycles. The molecule has 1 aromatic carbocycles. The monoisotopic (exact) mass is 430 g/mol. The van der Waals surface area contributed by atoms with Crippen molar-refractivity contribution in [2.24, 2.45) is 5.92 Å². The topological polar surface area (TPSA) is 79.5 Å². The molecule has 8 heteroatoms. The van der Waals surface area contributed by atoms with Crippen LogP contribution in [0.15, 0.2) is 28.8 Å². The highest BCUT2D eigenvalue weighted by atomic mass is 35.5. The molecule has 2 fully saturated rings. The Bertz CT molecular complexity index is 894. The second-order valence-electron chi connectivity index (χ2n) is 8.10. The van der Waals surface area contributed by atoms with Crippen molar-refractivity contribution in [1.82, 2.24) is 19.9 Å². The lowest BCUT2D eigenvalue weighted by atomic mass is 10.0. The molecule has 0 radical (unpaired) electrons. The number of benzene rings is 1. The van der Waals surface area contributed by atoms with E-state index in [1.54, 1.807) is 17.0 Å². The number of hydrogen-bond donors (Lipinski definition) is 0. The minimum atomic E-state index is -0.251. The lowest BCUT2D eigenvalue weighted by Gasteiger charge is -2.35. The van der Waals surface area contributed by atoms with Gasteiger partial charge in [0.05, 0.1) is 6.54 Å². The summed E-state index contributed by atoms with van der Waals surface area (Å²) >= 11 is 5.95. The molecule has 2 heterocycles. The lowest BCUT2D eigenvalue weighted by molar-refractivity contribution is -0.144. The number of rotatable bonds is 7. The molecule has 1 atom stereocenters. The van der Waals surface area contributed by atoms with Crippen LogP contribution < -0.4 is 0 Å². The van der Waals surface area contributed by atoms with Crippen molar-refractivity contribution in [3.63, 3.8) is 0 Å². The maximum atomic E-state index is 13.2. The predicted octanol–water partition coefficient (Wildman–Crippen LogP) is 4.09. The second kappa shape index (κ2) is 9.16. The molecular formula is C22H27ClN4O3. The molecule has 7 nitrogen and oxygen atoms in total. The van der Waals surface area contributed by atoms with Crippen molar-refractivity contribution < 1.29 is 14.1 Å². The van der Waals surface area contributed by atoms with Crippen LogP contribution in [0, 0.1) is 5.92 Å². The third-order valence-electron chi connectivity index (χ3n) is 5.71. The summed E-state index contributed by atoms with van der Waals surface area (Å²) in [7, 11) is 0. The molecule has 2 aromatic rings. The number of halogens is 1. The van der Waals surface area contributed by atoms with E-state index in [4.69, 9.17) is 16.1 Å². The van der Waals surface area contributed by atoms with Crippen LogP contribution in [0.3, 0.4) is 0 Å². The molecule has 4 rings (SSSR count). The lowest BCUT2D eigenvalue weighted by Crippen LogP contribution is -2.46. The smallest absolute Gasteiger partial charge is 0.249 e. The van der Waals surface area contributed by atoms with E-state index in [9.17, 15) is 9.59 Å². The Labute approximate surface area is 181 Å². The van der Waals surface area contributed by atoms with Crippen molar-refractivity contribution in [1.29, 1.82) is 0 Å². The average molecular weight is 431 g/mol. The van der Waals surface area contributed by atoms with Crippen LogP contribution in [0.5, 0.6) is 0 Å². The number of nitrogens with zero attached hydrogens (tertiary/aromatic N) is 4. The standard InChI is InChI=1S/C22H27ClN4O3/c1-2-12-26(22(29)16-6-7-16)14-19(28)27-13-4-3-5-18(27)21-24-20(25-30-21)15-8-10-17(23)11-9-15/h8-11,16,18H,2-7,12-14H2,1H3. The number of amides is 2. The highest BCUT2D eigenvalue weighted by molar-refractivity contribution is 6.30. The zero-order valence-corrected chi connectivity index (χ0v) is 18.0. The van der Waals surface area contributed by atoms with E-state index in [1.807, 2.05) is 24.0 Å². The second-order valence-corrected chi connectivity index (χ2v) is 8.53. The van der Waals surface area contributed by atoms with Gasteiger partial charge in [-0.1, -0.05) is 23.7 Å². The minimum absolute atomic E-state index is 0.0478. The van der Waals surface area contributed by atoms with Crippen molar-refractivity contribution in [3.05, 3.63) is 35.2 Å². The van der Waals surface area contributed by atoms with E-state index in [1.165, 1.54) is 0 Å². The highest BCUT2D eigenvalue weighted by Crippen LogP contribution is 2.33. The Morgan fingerprint density at radius 3 is 2.67 bits per heavy atom. The van der Waals surface area contributed by atoms with Gasteiger partial charge in [0.15, 0.2) is 0 Å². The van der Waals surface area contributed by atoms with E-state index >= 15 is 0 Å². The molecule has 1 unspecified atom stereocenters. The fraction of sp³-hybridized carbons (Fsp3) is 0.545. The first kappa shape index (κ1) is 20.8. The molecular weight excluding hydrogens is 404 g/mol. The van der Waals surface area contributed by atoms with Crippen LogP contribution in [-0.2, 0) is 9.59 Å². The SMILES string of the molecule is CCCN(CC(=O)N1CCCCC1c1nc(-c2ccc(Cl)cc2)no1)C(=O)C1CC1. The molecule has 160 valence electrons.